The third kappa shape index (κ3) is 3.13. The summed E-state index contributed by atoms with van der Waals surface area (Å²) in [6, 6.07) is 16.1. The minimum Gasteiger partial charge on any atom is -0.279 e. The van der Waals surface area contributed by atoms with Gasteiger partial charge < -0.3 is 0 Å². The minimum atomic E-state index is 0. The predicted molar refractivity (Wildman–Crippen MR) is 99.3 cm³/mol. The molecule has 0 unspecified atom stereocenters. The molecule has 0 atom stereocenters. The Bertz CT molecular complexity index is 841. The lowest BCUT2D eigenvalue weighted by Gasteiger charge is -2.10. The van der Waals surface area contributed by atoms with E-state index in [9.17, 15) is 0 Å². The highest BCUT2D eigenvalue weighted by Gasteiger charge is 2.20. The van der Waals surface area contributed by atoms with Crippen molar-refractivity contribution >= 4 is 42.1 Å². The largest absolute Gasteiger partial charge is 0.279 e. The van der Waals surface area contributed by atoms with Crippen LogP contribution < -0.4 is 0 Å². The van der Waals surface area contributed by atoms with Gasteiger partial charge in [-0.1, -0.05) is 48.0 Å². The molecule has 1 N–H and O–H groups in total. The smallest absolute Gasteiger partial charge is 0.0730 e. The normalized spacial score (nSPS) is 12.0. The molecule has 1 aliphatic rings. The molecule has 0 spiro atoms. The van der Waals surface area contributed by atoms with E-state index in [1.165, 1.54) is 0 Å². The average molecular weight is 367 g/mol. The lowest BCUT2D eigenvalue weighted by Crippen LogP contribution is -2.04. The van der Waals surface area contributed by atoms with Gasteiger partial charge >= 0.3 is 0 Å². The number of hydrogen-bond acceptors (Lipinski definition) is 2. The molecule has 2 heterocycles. The number of H-pyrrole nitrogens is 1. The van der Waals surface area contributed by atoms with Crippen LogP contribution in [0.4, 0.5) is 0 Å². The van der Waals surface area contributed by atoms with Gasteiger partial charge in [0.1, 0.15) is 0 Å². The maximum Gasteiger partial charge on any atom is 0.0730 e. The monoisotopic (exact) mass is 365 g/mol. The number of fused-ring (bicyclic) bond motifs is 3. The topological polar surface area (TPSA) is 41.0 Å². The third-order valence-electron chi connectivity index (χ3n) is 3.68. The van der Waals surface area contributed by atoms with Gasteiger partial charge in [0.15, 0.2) is 0 Å². The number of halogens is 3. The molecule has 0 amide bonds. The number of hydrogen-bond donors (Lipinski definition) is 1. The first-order valence-corrected chi connectivity index (χ1v) is 7.13. The average Bonchev–Trinajstić information content (AvgIpc) is 2.92. The molecule has 118 valence electrons. The molecule has 1 aliphatic heterocycles. The Morgan fingerprint density at radius 2 is 1.74 bits per heavy atom. The summed E-state index contributed by atoms with van der Waals surface area (Å²) >= 11 is 6.20. The van der Waals surface area contributed by atoms with Crippen LogP contribution in [0.25, 0.3) is 11.3 Å². The Labute approximate surface area is 151 Å². The van der Waals surface area contributed by atoms with E-state index >= 15 is 0 Å². The van der Waals surface area contributed by atoms with Crippen LogP contribution in [0.2, 0.25) is 5.02 Å². The molecule has 3 nitrogen and oxygen atoms in total. The van der Waals surface area contributed by atoms with E-state index in [-0.39, 0.29) is 24.8 Å². The van der Waals surface area contributed by atoms with Gasteiger partial charge in [0, 0.05) is 27.3 Å². The molecule has 0 fully saturated rings. The van der Waals surface area contributed by atoms with Gasteiger partial charge in [0.2, 0.25) is 0 Å². The number of aliphatic imine (C=N–C) groups is 1. The van der Waals surface area contributed by atoms with E-state index in [4.69, 9.17) is 16.6 Å². The summed E-state index contributed by atoms with van der Waals surface area (Å²) in [6.07, 6.45) is 1.84. The SMILES string of the molecule is Cl.Cl.Clc1ccc2c(c1)C(c1ccccc1)=NCc1cn[nH]c1-2. The maximum atomic E-state index is 6.20. The molecule has 0 aliphatic carbocycles. The quantitative estimate of drug-likeness (QED) is 0.652. The summed E-state index contributed by atoms with van der Waals surface area (Å²) in [6.45, 7) is 0.613. The summed E-state index contributed by atoms with van der Waals surface area (Å²) < 4.78 is 0. The van der Waals surface area contributed by atoms with Gasteiger partial charge in [-0.15, -0.1) is 24.8 Å². The van der Waals surface area contributed by atoms with Crippen molar-refractivity contribution in [1.29, 1.82) is 0 Å². The second-order valence-corrected chi connectivity index (χ2v) is 5.43. The van der Waals surface area contributed by atoms with Crippen LogP contribution in [0.3, 0.4) is 0 Å². The molecule has 6 heteroatoms. The van der Waals surface area contributed by atoms with Crippen molar-refractivity contribution in [2.24, 2.45) is 4.99 Å². The zero-order chi connectivity index (χ0) is 14.2. The number of aromatic amines is 1. The van der Waals surface area contributed by atoms with Crippen molar-refractivity contribution in [3.8, 4) is 11.3 Å². The van der Waals surface area contributed by atoms with E-state index in [1.807, 2.05) is 42.6 Å². The van der Waals surface area contributed by atoms with E-state index in [0.717, 1.165) is 33.7 Å². The highest BCUT2D eigenvalue weighted by atomic mass is 35.5. The first kappa shape index (κ1) is 17.5. The van der Waals surface area contributed by atoms with Crippen LogP contribution >= 0.6 is 36.4 Å². The summed E-state index contributed by atoms with van der Waals surface area (Å²) in [5.74, 6) is 0. The van der Waals surface area contributed by atoms with Crippen LogP contribution in [0.1, 0.15) is 16.7 Å². The Balaban J connectivity index is 0.000000960. The first-order valence-electron chi connectivity index (χ1n) is 6.75. The number of aromatic nitrogens is 2. The minimum absolute atomic E-state index is 0. The second-order valence-electron chi connectivity index (χ2n) is 4.99. The van der Waals surface area contributed by atoms with Crippen LogP contribution in [0.15, 0.2) is 59.7 Å². The number of nitrogens with one attached hydrogen (secondary N) is 1. The van der Waals surface area contributed by atoms with Gasteiger partial charge in [0.25, 0.3) is 0 Å². The van der Waals surface area contributed by atoms with Gasteiger partial charge in [-0.3, -0.25) is 10.1 Å². The summed E-state index contributed by atoms with van der Waals surface area (Å²) in [5.41, 5.74) is 6.32. The van der Waals surface area contributed by atoms with Gasteiger partial charge in [-0.05, 0) is 12.1 Å². The van der Waals surface area contributed by atoms with Crippen LogP contribution in [-0.4, -0.2) is 15.9 Å². The zero-order valence-corrected chi connectivity index (χ0v) is 14.4. The van der Waals surface area contributed by atoms with E-state index in [2.05, 4.69) is 22.3 Å². The molecular weight excluding hydrogens is 353 g/mol. The predicted octanol–water partition coefficient (Wildman–Crippen LogP) is 4.92. The van der Waals surface area contributed by atoms with E-state index < -0.39 is 0 Å². The molecule has 0 saturated heterocycles. The highest BCUT2D eigenvalue weighted by Crippen LogP contribution is 2.32. The molecule has 1 aromatic heterocycles. The van der Waals surface area contributed by atoms with E-state index in [1.54, 1.807) is 0 Å². The molecule has 23 heavy (non-hydrogen) atoms. The van der Waals surface area contributed by atoms with Gasteiger partial charge in [0.05, 0.1) is 24.1 Å². The standard InChI is InChI=1S/C17H12ClN3.2ClH/c18-13-6-7-14-15(8-13)16(11-4-2-1-3-5-11)19-9-12-10-20-21-17(12)14;;/h1-8,10H,9H2,(H,20,21);2*1H. The Morgan fingerprint density at radius 3 is 2.52 bits per heavy atom. The van der Waals surface area contributed by atoms with Crippen molar-refractivity contribution in [3.63, 3.8) is 0 Å². The summed E-state index contributed by atoms with van der Waals surface area (Å²) in [5, 5.41) is 7.92. The van der Waals surface area contributed by atoms with Crippen molar-refractivity contribution in [2.45, 2.75) is 6.54 Å². The van der Waals surface area contributed by atoms with Crippen LogP contribution in [-0.2, 0) is 6.54 Å². The zero-order valence-electron chi connectivity index (χ0n) is 12.0. The fourth-order valence-electron chi connectivity index (χ4n) is 2.69. The molecular formula is C17H14Cl3N3. The Hall–Kier alpha value is -1.81. The third-order valence-corrected chi connectivity index (χ3v) is 3.91. The lowest BCUT2D eigenvalue weighted by molar-refractivity contribution is 1.08. The second kappa shape index (κ2) is 7.18. The first-order chi connectivity index (χ1) is 10.3. The fraction of sp³-hybridized carbons (Fsp3) is 0.0588. The van der Waals surface area contributed by atoms with Gasteiger partial charge in [-0.2, -0.15) is 5.10 Å². The molecule has 0 saturated carbocycles. The van der Waals surface area contributed by atoms with E-state index in [0.29, 0.717) is 11.6 Å². The number of rotatable bonds is 1. The molecule has 4 rings (SSSR count). The van der Waals surface area contributed by atoms with Crippen molar-refractivity contribution in [3.05, 3.63) is 76.4 Å². The fourth-order valence-corrected chi connectivity index (χ4v) is 2.86. The van der Waals surface area contributed by atoms with Crippen molar-refractivity contribution in [2.75, 3.05) is 0 Å². The van der Waals surface area contributed by atoms with Gasteiger partial charge in [-0.25, -0.2) is 0 Å². The Morgan fingerprint density at radius 1 is 0.957 bits per heavy atom. The Kier molecular flexibility index (Phi) is 5.47. The van der Waals surface area contributed by atoms with Crippen LogP contribution in [0, 0.1) is 0 Å². The molecule has 2 aromatic carbocycles. The molecule has 0 bridgehead atoms. The number of benzene rings is 2. The number of nitrogens with zero attached hydrogens (tertiary/aromatic N) is 2. The summed E-state index contributed by atoms with van der Waals surface area (Å²) in [4.78, 5) is 4.79. The van der Waals surface area contributed by atoms with Crippen molar-refractivity contribution in [1.82, 2.24) is 10.2 Å². The van der Waals surface area contributed by atoms with Crippen molar-refractivity contribution < 1.29 is 0 Å². The molecule has 0 radical (unpaired) electrons. The highest BCUT2D eigenvalue weighted by molar-refractivity contribution is 6.31. The summed E-state index contributed by atoms with van der Waals surface area (Å²) in [7, 11) is 0. The molecule has 3 aromatic rings. The maximum absolute atomic E-state index is 6.20. The lowest BCUT2D eigenvalue weighted by atomic mass is 9.96. The van der Waals surface area contributed by atoms with Crippen LogP contribution in [0.5, 0.6) is 0 Å².